The Morgan fingerprint density at radius 3 is 2.21 bits per heavy atom. The molecule has 1 N–H and O–H groups in total. The molecule has 2 heterocycles. The number of nitrogens with one attached hydrogen (secondary N) is 1. The molecule has 0 saturated carbocycles. The van der Waals surface area contributed by atoms with Crippen molar-refractivity contribution in [1.82, 2.24) is 19.8 Å². The van der Waals surface area contributed by atoms with Gasteiger partial charge >= 0.3 is 6.18 Å². The lowest BCUT2D eigenvalue weighted by Crippen LogP contribution is -2.46. The van der Waals surface area contributed by atoms with Crippen LogP contribution in [0.25, 0.3) is 11.1 Å². The van der Waals surface area contributed by atoms with Crippen molar-refractivity contribution in [3.05, 3.63) is 117 Å². The largest absolute Gasteiger partial charge is 0.416 e. The number of rotatable bonds is 10. The number of likely N-dealkylation sites (tertiary alicyclic amines) is 1. The van der Waals surface area contributed by atoms with Gasteiger partial charge in [-0.3, -0.25) is 9.59 Å². The second-order valence-electron chi connectivity index (χ2n) is 13.0. The summed E-state index contributed by atoms with van der Waals surface area (Å²) >= 11 is 1.50. The first-order valence-corrected chi connectivity index (χ1v) is 17.6. The number of carbonyl (C=O) groups is 1. The number of hydrogen-bond donors (Lipinski definition) is 1. The van der Waals surface area contributed by atoms with Gasteiger partial charge < -0.3 is 14.8 Å². The first-order valence-electron chi connectivity index (χ1n) is 16.6. The summed E-state index contributed by atoms with van der Waals surface area (Å²) in [6.45, 7) is 3.90. The van der Waals surface area contributed by atoms with Crippen molar-refractivity contribution >= 4 is 17.7 Å². The number of aryl methyl sites for hydroxylation is 2. The number of hydrogen-bond acceptors (Lipinski definition) is 5. The summed E-state index contributed by atoms with van der Waals surface area (Å²) in [6, 6.07) is 20.8. The minimum atomic E-state index is -4.38. The first-order chi connectivity index (χ1) is 23.0. The summed E-state index contributed by atoms with van der Waals surface area (Å²) in [5, 5.41) is 3.92. The van der Waals surface area contributed by atoms with Gasteiger partial charge in [-0.1, -0.05) is 78.0 Å². The molecular weight excluding hydrogens is 634 g/mol. The number of alkyl halides is 3. The van der Waals surface area contributed by atoms with Crippen LogP contribution in [0.15, 0.2) is 82.7 Å². The van der Waals surface area contributed by atoms with Crippen molar-refractivity contribution in [3.63, 3.8) is 0 Å². The highest BCUT2D eigenvalue weighted by molar-refractivity contribution is 7.98. The second-order valence-corrected chi connectivity index (χ2v) is 14.0. The van der Waals surface area contributed by atoms with Crippen molar-refractivity contribution in [2.45, 2.75) is 81.0 Å². The van der Waals surface area contributed by atoms with Crippen LogP contribution in [-0.4, -0.2) is 46.5 Å². The van der Waals surface area contributed by atoms with Crippen LogP contribution in [0, 0.1) is 6.92 Å². The Morgan fingerprint density at radius 2 is 1.56 bits per heavy atom. The lowest BCUT2D eigenvalue weighted by molar-refractivity contribution is -0.137. The maximum Gasteiger partial charge on any atom is 0.416 e. The Hall–Kier alpha value is -3.89. The molecule has 1 amide bonds. The SMILES string of the molecule is Cc1ccc(CSc2nc(=O)c3c(n2C(CCc2ccc(-c4ccc(C(F)(F)F)cc4)cc2)C(=O)NC2CCN(C)CC2)CCC3)cc1. The fraction of sp³-hybridized carbons (Fsp3) is 0.395. The van der Waals surface area contributed by atoms with E-state index in [9.17, 15) is 22.8 Å². The van der Waals surface area contributed by atoms with Crippen LogP contribution in [0.2, 0.25) is 0 Å². The maximum atomic E-state index is 14.3. The third-order valence-electron chi connectivity index (χ3n) is 9.51. The molecule has 6 rings (SSSR count). The van der Waals surface area contributed by atoms with Gasteiger partial charge in [0.15, 0.2) is 5.16 Å². The van der Waals surface area contributed by atoms with Gasteiger partial charge in [-0.2, -0.15) is 18.2 Å². The highest BCUT2D eigenvalue weighted by Crippen LogP contribution is 2.33. The number of amides is 1. The lowest BCUT2D eigenvalue weighted by atomic mass is 9.98. The topological polar surface area (TPSA) is 67.2 Å². The highest BCUT2D eigenvalue weighted by Gasteiger charge is 2.32. The van der Waals surface area contributed by atoms with Crippen LogP contribution in [0.5, 0.6) is 0 Å². The van der Waals surface area contributed by atoms with E-state index < -0.39 is 17.8 Å². The van der Waals surface area contributed by atoms with Crippen molar-refractivity contribution in [1.29, 1.82) is 0 Å². The van der Waals surface area contributed by atoms with Crippen LogP contribution in [-0.2, 0) is 36.0 Å². The van der Waals surface area contributed by atoms with E-state index in [4.69, 9.17) is 0 Å². The van der Waals surface area contributed by atoms with Crippen LogP contribution in [0.1, 0.15) is 65.2 Å². The standard InChI is InChI=1S/C38H41F3N4O2S/c1-25-6-8-27(9-7-25)24-48-37-43-35(46)32-4-3-5-33(32)45(37)34(36(47)42-31-20-22-44(2)23-21-31)19-12-26-10-13-28(14-11-26)29-15-17-30(18-16-29)38(39,40)41/h6-11,13-18,31,34H,3-5,12,19-24H2,1-2H3,(H,42,47). The number of halogens is 3. The smallest absolute Gasteiger partial charge is 0.351 e. The van der Waals surface area contributed by atoms with E-state index >= 15 is 0 Å². The first kappa shape index (κ1) is 34.0. The molecule has 10 heteroatoms. The van der Waals surface area contributed by atoms with E-state index in [0.717, 1.165) is 73.3 Å². The monoisotopic (exact) mass is 674 g/mol. The zero-order valence-electron chi connectivity index (χ0n) is 27.4. The summed E-state index contributed by atoms with van der Waals surface area (Å²) in [6.07, 6.45) is 0.747. The Kier molecular flexibility index (Phi) is 10.4. The quantitative estimate of drug-likeness (QED) is 0.140. The van der Waals surface area contributed by atoms with Crippen molar-refractivity contribution in [2.75, 3.05) is 20.1 Å². The van der Waals surface area contributed by atoms with Gasteiger partial charge in [0.2, 0.25) is 5.91 Å². The van der Waals surface area contributed by atoms with E-state index in [0.29, 0.717) is 41.3 Å². The number of piperidine rings is 1. The van der Waals surface area contributed by atoms with Crippen molar-refractivity contribution in [3.8, 4) is 11.1 Å². The number of thioether (sulfide) groups is 1. The molecule has 1 atom stereocenters. The van der Waals surface area contributed by atoms with E-state index in [1.807, 2.05) is 31.2 Å². The zero-order valence-corrected chi connectivity index (χ0v) is 28.2. The number of aromatic nitrogens is 2. The Balaban J connectivity index is 1.28. The molecule has 1 fully saturated rings. The van der Waals surface area contributed by atoms with Gasteiger partial charge in [0.1, 0.15) is 6.04 Å². The Bertz CT molecular complexity index is 1780. The molecule has 3 aromatic carbocycles. The maximum absolute atomic E-state index is 14.3. The van der Waals surface area contributed by atoms with E-state index in [2.05, 4.69) is 51.1 Å². The summed E-state index contributed by atoms with van der Waals surface area (Å²) in [7, 11) is 2.09. The number of benzene rings is 3. The van der Waals surface area contributed by atoms with Gasteiger partial charge in [-0.25, -0.2) is 0 Å². The third kappa shape index (κ3) is 8.04. The fourth-order valence-electron chi connectivity index (χ4n) is 6.65. The predicted octanol–water partition coefficient (Wildman–Crippen LogP) is 7.40. The van der Waals surface area contributed by atoms with E-state index in [1.165, 1.54) is 29.5 Å². The summed E-state index contributed by atoms with van der Waals surface area (Å²) in [5.41, 5.74) is 5.60. The minimum absolute atomic E-state index is 0.0531. The molecule has 48 heavy (non-hydrogen) atoms. The van der Waals surface area contributed by atoms with Crippen LogP contribution < -0.4 is 10.9 Å². The summed E-state index contributed by atoms with van der Waals surface area (Å²) in [4.78, 5) is 34.3. The molecule has 1 aliphatic carbocycles. The molecule has 1 saturated heterocycles. The van der Waals surface area contributed by atoms with E-state index in [-0.39, 0.29) is 17.5 Å². The van der Waals surface area contributed by atoms with Crippen molar-refractivity contribution in [2.24, 2.45) is 0 Å². The molecular formula is C38H41F3N4O2S. The molecule has 4 aromatic rings. The summed E-state index contributed by atoms with van der Waals surface area (Å²) in [5.74, 6) is 0.572. The Morgan fingerprint density at radius 1 is 0.938 bits per heavy atom. The number of carbonyl (C=O) groups excluding carboxylic acids is 1. The number of fused-ring (bicyclic) bond motifs is 1. The highest BCUT2D eigenvalue weighted by atomic mass is 32.2. The fourth-order valence-corrected chi connectivity index (χ4v) is 7.66. The average molecular weight is 675 g/mol. The molecule has 1 aromatic heterocycles. The van der Waals surface area contributed by atoms with E-state index in [1.54, 1.807) is 0 Å². The average Bonchev–Trinajstić information content (AvgIpc) is 3.57. The molecule has 6 nitrogen and oxygen atoms in total. The normalized spacial score (nSPS) is 16.1. The molecule has 0 bridgehead atoms. The van der Waals surface area contributed by atoms with Gasteiger partial charge in [0, 0.05) is 23.1 Å². The van der Waals surface area contributed by atoms with Crippen LogP contribution in [0.3, 0.4) is 0 Å². The van der Waals surface area contributed by atoms with Crippen LogP contribution >= 0.6 is 11.8 Å². The minimum Gasteiger partial charge on any atom is -0.351 e. The molecule has 2 aliphatic rings. The van der Waals surface area contributed by atoms with Gasteiger partial charge in [-0.15, -0.1) is 0 Å². The number of nitrogens with zero attached hydrogens (tertiary/aromatic N) is 3. The third-order valence-corrected chi connectivity index (χ3v) is 10.5. The Labute approximate surface area is 283 Å². The molecule has 1 aliphatic heterocycles. The van der Waals surface area contributed by atoms with Gasteiger partial charge in [-0.05, 0) is 106 Å². The molecule has 0 spiro atoms. The molecule has 252 valence electrons. The van der Waals surface area contributed by atoms with Gasteiger partial charge in [0.25, 0.3) is 5.56 Å². The van der Waals surface area contributed by atoms with Crippen LogP contribution in [0.4, 0.5) is 13.2 Å². The predicted molar refractivity (Wildman–Crippen MR) is 184 cm³/mol. The second kappa shape index (κ2) is 14.7. The zero-order chi connectivity index (χ0) is 33.8. The van der Waals surface area contributed by atoms with Gasteiger partial charge in [0.05, 0.1) is 5.56 Å². The summed E-state index contributed by atoms with van der Waals surface area (Å²) < 4.78 is 41.2. The van der Waals surface area contributed by atoms with Crippen molar-refractivity contribution < 1.29 is 18.0 Å². The molecule has 0 radical (unpaired) electrons. The lowest BCUT2D eigenvalue weighted by Gasteiger charge is -2.32. The molecule has 1 unspecified atom stereocenters.